The van der Waals surface area contributed by atoms with Gasteiger partial charge in [0.25, 0.3) is 0 Å². The molecule has 0 fully saturated rings. The average molecular weight is 368 g/mol. The quantitative estimate of drug-likeness (QED) is 0.744. The van der Waals surface area contributed by atoms with Gasteiger partial charge in [0.1, 0.15) is 6.61 Å². The standard InChI is InChI=1S/C21H18ClNO3/c1-12-6-13(2)8-16(7-12)23-18-11-26-21(25)20(18)17(10-19(23)24)14-4-3-5-15(22)9-14/h3-9,17H,10-11H2,1-2H3. The van der Waals surface area contributed by atoms with Crippen molar-refractivity contribution in [2.24, 2.45) is 0 Å². The van der Waals surface area contributed by atoms with Crippen molar-refractivity contribution in [2.75, 3.05) is 11.5 Å². The number of cyclic esters (lactones) is 1. The van der Waals surface area contributed by atoms with Crippen molar-refractivity contribution in [3.63, 3.8) is 0 Å². The van der Waals surface area contributed by atoms with Gasteiger partial charge in [0.2, 0.25) is 5.91 Å². The van der Waals surface area contributed by atoms with E-state index in [9.17, 15) is 9.59 Å². The molecule has 2 aromatic rings. The fourth-order valence-electron chi connectivity index (χ4n) is 3.84. The first kappa shape index (κ1) is 16.9. The summed E-state index contributed by atoms with van der Waals surface area (Å²) in [5.41, 5.74) is 4.97. The topological polar surface area (TPSA) is 46.6 Å². The molecule has 0 aliphatic carbocycles. The first-order valence-electron chi connectivity index (χ1n) is 8.51. The molecular formula is C21H18ClNO3. The van der Waals surface area contributed by atoms with Crippen LogP contribution in [0.2, 0.25) is 5.02 Å². The van der Waals surface area contributed by atoms with Gasteiger partial charge < -0.3 is 4.74 Å². The van der Waals surface area contributed by atoms with Crippen LogP contribution in [-0.4, -0.2) is 18.5 Å². The summed E-state index contributed by atoms with van der Waals surface area (Å²) in [5, 5.41) is 0.584. The summed E-state index contributed by atoms with van der Waals surface area (Å²) < 4.78 is 5.30. The van der Waals surface area contributed by atoms with Crippen LogP contribution in [0.1, 0.15) is 29.0 Å². The Bertz CT molecular complexity index is 943. The number of carbonyl (C=O) groups is 2. The van der Waals surface area contributed by atoms with E-state index in [0.717, 1.165) is 22.4 Å². The fraction of sp³-hybridized carbons (Fsp3) is 0.238. The van der Waals surface area contributed by atoms with Crippen molar-refractivity contribution in [2.45, 2.75) is 26.2 Å². The predicted octanol–water partition coefficient (Wildman–Crippen LogP) is 4.29. The van der Waals surface area contributed by atoms with Gasteiger partial charge in [-0.15, -0.1) is 0 Å². The number of esters is 1. The van der Waals surface area contributed by atoms with Gasteiger partial charge in [-0.2, -0.15) is 0 Å². The third-order valence-electron chi connectivity index (χ3n) is 4.83. The van der Waals surface area contributed by atoms with Crippen molar-refractivity contribution in [3.8, 4) is 0 Å². The molecule has 2 heterocycles. The third kappa shape index (κ3) is 2.80. The van der Waals surface area contributed by atoms with Gasteiger partial charge >= 0.3 is 5.97 Å². The number of ether oxygens (including phenoxy) is 1. The fourth-order valence-corrected chi connectivity index (χ4v) is 4.04. The Hall–Kier alpha value is -2.59. The van der Waals surface area contributed by atoms with Crippen LogP contribution in [0.4, 0.5) is 5.69 Å². The molecule has 1 atom stereocenters. The normalized spacial score (nSPS) is 19.7. The van der Waals surface area contributed by atoms with Gasteiger partial charge in [-0.3, -0.25) is 9.69 Å². The highest BCUT2D eigenvalue weighted by molar-refractivity contribution is 6.30. The van der Waals surface area contributed by atoms with Gasteiger partial charge in [-0.25, -0.2) is 4.79 Å². The number of amides is 1. The summed E-state index contributed by atoms with van der Waals surface area (Å²) in [5.74, 6) is -0.725. The van der Waals surface area contributed by atoms with Crippen LogP contribution in [0, 0.1) is 13.8 Å². The van der Waals surface area contributed by atoms with E-state index in [1.807, 2.05) is 44.2 Å². The van der Waals surface area contributed by atoms with Crippen LogP contribution in [-0.2, 0) is 14.3 Å². The zero-order valence-corrected chi connectivity index (χ0v) is 15.3. The van der Waals surface area contributed by atoms with Crippen LogP contribution >= 0.6 is 11.6 Å². The van der Waals surface area contributed by atoms with Crippen LogP contribution in [0.5, 0.6) is 0 Å². The number of aryl methyl sites for hydroxylation is 2. The molecule has 2 aromatic carbocycles. The lowest BCUT2D eigenvalue weighted by molar-refractivity contribution is -0.136. The zero-order valence-electron chi connectivity index (χ0n) is 14.6. The molecule has 0 bridgehead atoms. The van der Waals surface area contributed by atoms with E-state index >= 15 is 0 Å². The van der Waals surface area contributed by atoms with E-state index in [2.05, 4.69) is 6.07 Å². The van der Waals surface area contributed by atoms with Crippen molar-refractivity contribution >= 4 is 29.2 Å². The number of hydrogen-bond acceptors (Lipinski definition) is 3. The first-order valence-corrected chi connectivity index (χ1v) is 8.88. The van der Waals surface area contributed by atoms with E-state index in [0.29, 0.717) is 16.3 Å². The number of benzene rings is 2. The van der Waals surface area contributed by atoms with Gasteiger partial charge in [-0.05, 0) is 54.8 Å². The monoisotopic (exact) mass is 367 g/mol. The maximum absolute atomic E-state index is 13.0. The molecule has 1 amide bonds. The number of carbonyl (C=O) groups excluding carboxylic acids is 2. The minimum absolute atomic E-state index is 0.0444. The van der Waals surface area contributed by atoms with Crippen LogP contribution < -0.4 is 4.90 Å². The molecule has 5 heteroatoms. The summed E-state index contributed by atoms with van der Waals surface area (Å²) in [6.45, 7) is 4.10. The summed E-state index contributed by atoms with van der Waals surface area (Å²) in [6, 6.07) is 13.3. The molecule has 0 N–H and O–H groups in total. The van der Waals surface area contributed by atoms with Crippen molar-refractivity contribution < 1.29 is 14.3 Å². The van der Waals surface area contributed by atoms with Gasteiger partial charge in [0, 0.05) is 23.0 Å². The predicted molar refractivity (Wildman–Crippen MR) is 100 cm³/mol. The zero-order chi connectivity index (χ0) is 18.4. The van der Waals surface area contributed by atoms with Gasteiger partial charge in [-0.1, -0.05) is 29.8 Å². The molecule has 132 valence electrons. The Balaban J connectivity index is 1.85. The second-order valence-electron chi connectivity index (χ2n) is 6.82. The average Bonchev–Trinajstić information content (AvgIpc) is 2.95. The molecule has 4 rings (SSSR count). The molecule has 26 heavy (non-hydrogen) atoms. The summed E-state index contributed by atoms with van der Waals surface area (Å²) in [7, 11) is 0. The summed E-state index contributed by atoms with van der Waals surface area (Å²) >= 11 is 6.11. The van der Waals surface area contributed by atoms with Crippen LogP contribution in [0.15, 0.2) is 53.7 Å². The van der Waals surface area contributed by atoms with E-state index in [-0.39, 0.29) is 30.8 Å². The first-order chi connectivity index (χ1) is 12.4. The second-order valence-corrected chi connectivity index (χ2v) is 7.26. The lowest BCUT2D eigenvalue weighted by atomic mass is 9.84. The second kappa shape index (κ2) is 6.29. The molecule has 0 aromatic heterocycles. The SMILES string of the molecule is Cc1cc(C)cc(N2C(=O)CC(c3cccc(Cl)c3)C3=C2COC3=O)c1. The smallest absolute Gasteiger partial charge is 0.336 e. The number of hydrogen-bond donors (Lipinski definition) is 0. The third-order valence-corrected chi connectivity index (χ3v) is 5.07. The molecule has 4 nitrogen and oxygen atoms in total. The Morgan fingerprint density at radius 1 is 1.08 bits per heavy atom. The Morgan fingerprint density at radius 2 is 1.81 bits per heavy atom. The summed E-state index contributed by atoms with van der Waals surface area (Å²) in [6.07, 6.45) is 0.210. The van der Waals surface area contributed by atoms with Gasteiger partial charge in [0.05, 0.1) is 11.3 Å². The molecule has 2 aliphatic heterocycles. The van der Waals surface area contributed by atoms with E-state index < -0.39 is 0 Å². The van der Waals surface area contributed by atoms with E-state index in [4.69, 9.17) is 16.3 Å². The molecule has 0 spiro atoms. The lowest BCUT2D eigenvalue weighted by Gasteiger charge is -2.32. The Labute approximate surface area is 157 Å². The van der Waals surface area contributed by atoms with Crippen LogP contribution in [0.25, 0.3) is 0 Å². The molecular weight excluding hydrogens is 350 g/mol. The largest absolute Gasteiger partial charge is 0.456 e. The Morgan fingerprint density at radius 3 is 2.50 bits per heavy atom. The minimum Gasteiger partial charge on any atom is -0.456 e. The summed E-state index contributed by atoms with van der Waals surface area (Å²) in [4.78, 5) is 27.1. The van der Waals surface area contributed by atoms with Crippen LogP contribution in [0.3, 0.4) is 0 Å². The highest BCUT2D eigenvalue weighted by Gasteiger charge is 2.43. The maximum atomic E-state index is 13.0. The molecule has 2 aliphatic rings. The number of anilines is 1. The minimum atomic E-state index is -0.355. The van der Waals surface area contributed by atoms with Crippen molar-refractivity contribution in [1.82, 2.24) is 0 Å². The number of halogens is 1. The highest BCUT2D eigenvalue weighted by Crippen LogP contribution is 2.42. The van der Waals surface area contributed by atoms with Crippen molar-refractivity contribution in [1.29, 1.82) is 0 Å². The highest BCUT2D eigenvalue weighted by atomic mass is 35.5. The molecule has 0 saturated carbocycles. The molecule has 0 saturated heterocycles. The molecule has 0 radical (unpaired) electrons. The molecule has 1 unspecified atom stereocenters. The maximum Gasteiger partial charge on any atom is 0.336 e. The van der Waals surface area contributed by atoms with E-state index in [1.165, 1.54) is 0 Å². The Kier molecular flexibility index (Phi) is 4.08. The van der Waals surface area contributed by atoms with E-state index in [1.54, 1.807) is 11.0 Å². The van der Waals surface area contributed by atoms with Crippen molar-refractivity contribution in [3.05, 3.63) is 75.4 Å². The van der Waals surface area contributed by atoms with Gasteiger partial charge in [0.15, 0.2) is 0 Å². The lowest BCUT2D eigenvalue weighted by Crippen LogP contribution is -2.37. The number of rotatable bonds is 2. The number of nitrogens with zero attached hydrogens (tertiary/aromatic N) is 1.